The third-order valence-corrected chi connectivity index (χ3v) is 4.13. The lowest BCUT2D eigenvalue weighted by atomic mass is 10.1. The van der Waals surface area contributed by atoms with E-state index in [2.05, 4.69) is 15.3 Å². The second-order valence-corrected chi connectivity index (χ2v) is 6.36. The molecule has 1 aromatic carbocycles. The van der Waals surface area contributed by atoms with Crippen molar-refractivity contribution in [2.24, 2.45) is 0 Å². The monoisotopic (exact) mass is 385 g/mol. The Balaban J connectivity index is 1.64. The van der Waals surface area contributed by atoms with Gasteiger partial charge in [-0.2, -0.15) is 0 Å². The van der Waals surface area contributed by atoms with Crippen LogP contribution in [0.15, 0.2) is 47.1 Å². The number of carbonyl (C=O) groups excluding carboxylic acids is 1. The Bertz CT molecular complexity index is 956. The molecule has 0 spiro atoms. The predicted molar refractivity (Wildman–Crippen MR) is 99.1 cm³/mol. The minimum atomic E-state index is -1.01. The zero-order valence-electron chi connectivity index (χ0n) is 15.2. The van der Waals surface area contributed by atoms with Crippen LogP contribution in [0.3, 0.4) is 0 Å². The van der Waals surface area contributed by atoms with E-state index in [1.807, 2.05) is 0 Å². The second-order valence-electron chi connectivity index (χ2n) is 6.36. The summed E-state index contributed by atoms with van der Waals surface area (Å²) in [4.78, 5) is 20.2. The van der Waals surface area contributed by atoms with Crippen molar-refractivity contribution in [1.29, 1.82) is 0 Å². The number of pyridine rings is 1. The number of aryl methyl sites for hydroxylation is 1. The smallest absolute Gasteiger partial charge is 0.269 e. The molecule has 0 saturated carbocycles. The van der Waals surface area contributed by atoms with Crippen molar-refractivity contribution in [2.45, 2.75) is 19.4 Å². The quantitative estimate of drug-likeness (QED) is 0.573. The number of aliphatic hydroxyl groups excluding tert-OH is 2. The van der Waals surface area contributed by atoms with Crippen molar-refractivity contribution in [3.05, 3.63) is 71.3 Å². The molecule has 3 aromatic rings. The van der Waals surface area contributed by atoms with Gasteiger partial charge in [-0.1, -0.05) is 18.2 Å². The molecule has 8 heteroatoms. The molecule has 0 fully saturated rings. The van der Waals surface area contributed by atoms with E-state index in [0.717, 1.165) is 5.56 Å². The van der Waals surface area contributed by atoms with Crippen LogP contribution in [0.25, 0.3) is 11.3 Å². The van der Waals surface area contributed by atoms with Crippen LogP contribution in [-0.4, -0.2) is 45.3 Å². The maximum atomic E-state index is 13.7. The van der Waals surface area contributed by atoms with Crippen LogP contribution >= 0.6 is 0 Å². The summed E-state index contributed by atoms with van der Waals surface area (Å²) in [6.07, 6.45) is 2.44. The number of hydrogen-bond acceptors (Lipinski definition) is 6. The van der Waals surface area contributed by atoms with Gasteiger partial charge in [-0.05, 0) is 30.2 Å². The summed E-state index contributed by atoms with van der Waals surface area (Å²) >= 11 is 0. The molecule has 146 valence electrons. The molecule has 0 unspecified atom stereocenters. The molecule has 1 amide bonds. The molecule has 0 aliphatic carbocycles. The van der Waals surface area contributed by atoms with Crippen LogP contribution in [0.1, 0.15) is 27.5 Å². The van der Waals surface area contributed by atoms with Gasteiger partial charge in [-0.25, -0.2) is 9.37 Å². The first-order valence-corrected chi connectivity index (χ1v) is 8.69. The van der Waals surface area contributed by atoms with Gasteiger partial charge in [-0.15, -0.1) is 0 Å². The van der Waals surface area contributed by atoms with Crippen molar-refractivity contribution in [1.82, 2.24) is 15.3 Å². The topological polar surface area (TPSA) is 108 Å². The van der Waals surface area contributed by atoms with Crippen molar-refractivity contribution in [2.75, 3.05) is 13.2 Å². The van der Waals surface area contributed by atoms with Crippen molar-refractivity contribution < 1.29 is 23.8 Å². The van der Waals surface area contributed by atoms with E-state index < -0.39 is 18.6 Å². The summed E-state index contributed by atoms with van der Waals surface area (Å²) in [6.45, 7) is 1.20. The van der Waals surface area contributed by atoms with E-state index >= 15 is 0 Å². The maximum Gasteiger partial charge on any atom is 0.269 e. The van der Waals surface area contributed by atoms with Crippen LogP contribution in [-0.2, 0) is 6.42 Å². The number of hydrogen-bond donors (Lipinski definition) is 3. The fourth-order valence-corrected chi connectivity index (χ4v) is 2.48. The lowest BCUT2D eigenvalue weighted by molar-refractivity contribution is 0.0799. The fraction of sp³-hybridized carbons (Fsp3) is 0.250. The Kier molecular flexibility index (Phi) is 6.13. The number of nitrogens with one attached hydrogen (secondary N) is 1. The van der Waals surface area contributed by atoms with E-state index in [4.69, 9.17) is 9.52 Å². The summed E-state index contributed by atoms with van der Waals surface area (Å²) < 4.78 is 19.4. The first-order chi connectivity index (χ1) is 13.5. The standard InChI is InChI=1S/C20H20FN3O4/c1-12-2-4-14(7-16(12)21)18-10-23-19(28-18)6-13-3-5-17(22-8-13)20(27)24-9-15(26)11-25/h2-5,7-8,10,15,25-26H,6,9,11H2,1H3,(H,24,27)/t15-/m1/s1. The molecular formula is C20H20FN3O4. The highest BCUT2D eigenvalue weighted by Gasteiger charge is 2.12. The largest absolute Gasteiger partial charge is 0.440 e. The first kappa shape index (κ1) is 19.7. The molecule has 2 heterocycles. The molecule has 0 bridgehead atoms. The van der Waals surface area contributed by atoms with Gasteiger partial charge in [-0.3, -0.25) is 9.78 Å². The molecule has 1 atom stereocenters. The zero-order valence-corrected chi connectivity index (χ0v) is 15.2. The van der Waals surface area contributed by atoms with E-state index in [9.17, 15) is 14.3 Å². The Labute approximate surface area is 160 Å². The molecular weight excluding hydrogens is 365 g/mol. The number of benzene rings is 1. The Morgan fingerprint density at radius 2 is 2.07 bits per heavy atom. The van der Waals surface area contributed by atoms with Gasteiger partial charge in [0.1, 0.15) is 11.5 Å². The molecule has 0 radical (unpaired) electrons. The normalized spacial score (nSPS) is 12.0. The van der Waals surface area contributed by atoms with Crippen molar-refractivity contribution in [3.8, 4) is 11.3 Å². The Morgan fingerprint density at radius 1 is 1.25 bits per heavy atom. The zero-order chi connectivity index (χ0) is 20.1. The first-order valence-electron chi connectivity index (χ1n) is 8.69. The van der Waals surface area contributed by atoms with Gasteiger partial charge in [0.2, 0.25) is 0 Å². The van der Waals surface area contributed by atoms with Crippen LogP contribution in [0.2, 0.25) is 0 Å². The van der Waals surface area contributed by atoms with E-state index in [1.165, 1.54) is 12.3 Å². The van der Waals surface area contributed by atoms with E-state index in [1.54, 1.807) is 37.4 Å². The fourth-order valence-electron chi connectivity index (χ4n) is 2.48. The average molecular weight is 385 g/mol. The van der Waals surface area contributed by atoms with Crippen LogP contribution in [0.4, 0.5) is 4.39 Å². The molecule has 0 aliphatic heterocycles. The van der Waals surface area contributed by atoms with E-state index in [0.29, 0.717) is 29.2 Å². The molecule has 2 aromatic heterocycles. The number of aromatic nitrogens is 2. The lowest BCUT2D eigenvalue weighted by Gasteiger charge is -2.08. The number of oxazole rings is 1. The molecule has 28 heavy (non-hydrogen) atoms. The molecule has 0 aliphatic rings. The van der Waals surface area contributed by atoms with Crippen LogP contribution in [0, 0.1) is 12.7 Å². The van der Waals surface area contributed by atoms with Gasteiger partial charge in [0, 0.05) is 18.3 Å². The Hall–Kier alpha value is -3.10. The van der Waals surface area contributed by atoms with Crippen LogP contribution in [0.5, 0.6) is 0 Å². The number of nitrogens with zero attached hydrogens (tertiary/aromatic N) is 2. The summed E-state index contributed by atoms with van der Waals surface area (Å²) in [5.41, 5.74) is 2.15. The minimum Gasteiger partial charge on any atom is -0.440 e. The summed E-state index contributed by atoms with van der Waals surface area (Å²) in [5, 5.41) is 20.5. The number of carbonyl (C=O) groups is 1. The second kappa shape index (κ2) is 8.73. The summed E-state index contributed by atoms with van der Waals surface area (Å²) in [6, 6.07) is 8.13. The third-order valence-electron chi connectivity index (χ3n) is 4.13. The van der Waals surface area contributed by atoms with Gasteiger partial charge >= 0.3 is 0 Å². The minimum absolute atomic E-state index is 0.0581. The van der Waals surface area contributed by atoms with Crippen LogP contribution < -0.4 is 5.32 Å². The molecule has 0 saturated heterocycles. The predicted octanol–water partition coefficient (Wildman–Crippen LogP) is 1.86. The highest BCUT2D eigenvalue weighted by molar-refractivity contribution is 5.92. The maximum absolute atomic E-state index is 13.7. The van der Waals surface area contributed by atoms with Gasteiger partial charge in [0.25, 0.3) is 5.91 Å². The number of aliphatic hydroxyl groups is 2. The van der Waals surface area contributed by atoms with Crippen molar-refractivity contribution >= 4 is 5.91 Å². The SMILES string of the molecule is Cc1ccc(-c2cnc(Cc3ccc(C(=O)NC[C@@H](O)CO)nc3)o2)cc1F. The van der Waals surface area contributed by atoms with Gasteiger partial charge < -0.3 is 19.9 Å². The number of amides is 1. The van der Waals surface area contributed by atoms with Gasteiger partial charge in [0.15, 0.2) is 11.7 Å². The number of halogens is 1. The molecule has 7 nitrogen and oxygen atoms in total. The summed E-state index contributed by atoms with van der Waals surface area (Å²) in [5.74, 6) is 0.167. The van der Waals surface area contributed by atoms with E-state index in [-0.39, 0.29) is 18.1 Å². The summed E-state index contributed by atoms with van der Waals surface area (Å²) in [7, 11) is 0. The lowest BCUT2D eigenvalue weighted by Crippen LogP contribution is -2.34. The number of rotatable bonds is 7. The highest BCUT2D eigenvalue weighted by Crippen LogP contribution is 2.23. The van der Waals surface area contributed by atoms with Crippen molar-refractivity contribution in [3.63, 3.8) is 0 Å². The third kappa shape index (κ3) is 4.79. The molecule has 3 rings (SSSR count). The average Bonchev–Trinajstić information content (AvgIpc) is 3.17. The molecule has 3 N–H and O–H groups in total. The van der Waals surface area contributed by atoms with Gasteiger partial charge in [0.05, 0.1) is 25.3 Å². The Morgan fingerprint density at radius 3 is 2.75 bits per heavy atom. The highest BCUT2D eigenvalue weighted by atomic mass is 19.1.